The lowest BCUT2D eigenvalue weighted by Crippen LogP contribution is -2.44. The standard InChI is InChI=1S/C16H18N2O6/c1-4-24-15(22)9(2)18-14(21)11(17(3)16(18)23)7-10-5-6-12(19)13(20)8-10/h5-9,19-20H,4H2,1-3H3/b11-7-. The van der Waals surface area contributed by atoms with Crippen molar-refractivity contribution in [3.63, 3.8) is 0 Å². The highest BCUT2D eigenvalue weighted by Crippen LogP contribution is 2.28. The Labute approximate surface area is 138 Å². The molecule has 1 aromatic rings. The lowest BCUT2D eigenvalue weighted by Gasteiger charge is -2.19. The molecule has 2 N–H and O–H groups in total. The Hall–Kier alpha value is -3.03. The summed E-state index contributed by atoms with van der Waals surface area (Å²) >= 11 is 0. The molecule has 0 aliphatic carbocycles. The van der Waals surface area contributed by atoms with E-state index in [0.717, 1.165) is 9.80 Å². The first-order chi connectivity index (χ1) is 11.3. The van der Waals surface area contributed by atoms with Crippen molar-refractivity contribution < 1.29 is 29.3 Å². The normalized spacial score (nSPS) is 17.5. The fourth-order valence-corrected chi connectivity index (χ4v) is 2.27. The van der Waals surface area contributed by atoms with Crippen LogP contribution >= 0.6 is 0 Å². The van der Waals surface area contributed by atoms with E-state index in [1.54, 1.807) is 6.92 Å². The molecule has 3 amide bonds. The fraction of sp³-hybridized carbons (Fsp3) is 0.312. The second kappa shape index (κ2) is 6.61. The van der Waals surface area contributed by atoms with Crippen molar-refractivity contribution in [1.29, 1.82) is 0 Å². The van der Waals surface area contributed by atoms with Crippen LogP contribution in [0.1, 0.15) is 19.4 Å². The number of rotatable bonds is 4. The van der Waals surface area contributed by atoms with Crippen molar-refractivity contribution in [1.82, 2.24) is 9.80 Å². The zero-order chi connectivity index (χ0) is 18.0. The molecule has 24 heavy (non-hydrogen) atoms. The van der Waals surface area contributed by atoms with Crippen molar-refractivity contribution >= 4 is 24.0 Å². The molecule has 8 heteroatoms. The summed E-state index contributed by atoms with van der Waals surface area (Å²) in [6.07, 6.45) is 1.39. The molecular weight excluding hydrogens is 316 g/mol. The minimum absolute atomic E-state index is 0.0428. The first-order valence-corrected chi connectivity index (χ1v) is 7.29. The third kappa shape index (κ3) is 3.03. The maximum Gasteiger partial charge on any atom is 0.332 e. The molecule has 1 heterocycles. The number of aromatic hydroxyl groups is 2. The van der Waals surface area contributed by atoms with Crippen molar-refractivity contribution in [2.45, 2.75) is 19.9 Å². The Morgan fingerprint density at radius 3 is 2.54 bits per heavy atom. The number of phenolic OH excluding ortho intramolecular Hbond substituents is 2. The predicted octanol–water partition coefficient (Wildman–Crippen LogP) is 1.28. The number of likely N-dealkylation sites (N-methyl/N-ethyl adjacent to an activating group) is 1. The van der Waals surface area contributed by atoms with Gasteiger partial charge in [0.15, 0.2) is 11.5 Å². The Morgan fingerprint density at radius 2 is 1.96 bits per heavy atom. The lowest BCUT2D eigenvalue weighted by molar-refractivity contribution is -0.150. The molecule has 2 rings (SSSR count). The van der Waals surface area contributed by atoms with Crippen LogP contribution in [0.3, 0.4) is 0 Å². The first-order valence-electron chi connectivity index (χ1n) is 7.29. The van der Waals surface area contributed by atoms with Gasteiger partial charge in [0, 0.05) is 7.05 Å². The number of carbonyl (C=O) groups is 3. The van der Waals surface area contributed by atoms with Gasteiger partial charge in [-0.15, -0.1) is 0 Å². The second-order valence-electron chi connectivity index (χ2n) is 5.22. The molecule has 1 saturated heterocycles. The van der Waals surface area contributed by atoms with E-state index in [2.05, 4.69) is 0 Å². The molecule has 0 bridgehead atoms. The number of phenols is 2. The van der Waals surface area contributed by atoms with Crippen LogP contribution in [0.25, 0.3) is 6.08 Å². The average Bonchev–Trinajstić information content (AvgIpc) is 2.74. The third-order valence-electron chi connectivity index (χ3n) is 3.61. The molecule has 0 spiro atoms. The van der Waals surface area contributed by atoms with Crippen LogP contribution in [0.15, 0.2) is 23.9 Å². The molecule has 128 valence electrons. The van der Waals surface area contributed by atoms with Gasteiger partial charge in [-0.25, -0.2) is 14.5 Å². The fourth-order valence-electron chi connectivity index (χ4n) is 2.27. The Bertz CT molecular complexity index is 727. The summed E-state index contributed by atoms with van der Waals surface area (Å²) in [5, 5.41) is 18.8. The lowest BCUT2D eigenvalue weighted by atomic mass is 10.1. The number of imide groups is 1. The molecule has 1 aromatic carbocycles. The summed E-state index contributed by atoms with van der Waals surface area (Å²) < 4.78 is 4.85. The smallest absolute Gasteiger partial charge is 0.332 e. The van der Waals surface area contributed by atoms with Gasteiger partial charge in [-0.1, -0.05) is 6.07 Å². The van der Waals surface area contributed by atoms with Gasteiger partial charge in [0.05, 0.1) is 6.61 Å². The third-order valence-corrected chi connectivity index (χ3v) is 3.61. The van der Waals surface area contributed by atoms with Gasteiger partial charge in [-0.2, -0.15) is 0 Å². The van der Waals surface area contributed by atoms with E-state index in [1.807, 2.05) is 0 Å². The molecule has 1 atom stereocenters. The number of amides is 3. The van der Waals surface area contributed by atoms with Crippen molar-refractivity contribution in [2.75, 3.05) is 13.7 Å². The van der Waals surface area contributed by atoms with E-state index in [1.165, 1.54) is 38.2 Å². The summed E-state index contributed by atoms with van der Waals surface area (Å²) in [6.45, 7) is 3.19. The van der Waals surface area contributed by atoms with Crippen LogP contribution in [0.4, 0.5) is 4.79 Å². The number of esters is 1. The second-order valence-corrected chi connectivity index (χ2v) is 5.22. The highest BCUT2D eigenvalue weighted by molar-refractivity contribution is 6.15. The van der Waals surface area contributed by atoms with Crippen LogP contribution in [0.2, 0.25) is 0 Å². The molecule has 0 aromatic heterocycles. The highest BCUT2D eigenvalue weighted by Gasteiger charge is 2.44. The Kier molecular flexibility index (Phi) is 4.77. The van der Waals surface area contributed by atoms with Crippen molar-refractivity contribution in [3.8, 4) is 11.5 Å². The number of carbonyl (C=O) groups excluding carboxylic acids is 3. The van der Waals surface area contributed by atoms with Crippen LogP contribution < -0.4 is 0 Å². The largest absolute Gasteiger partial charge is 0.504 e. The predicted molar refractivity (Wildman–Crippen MR) is 83.8 cm³/mol. The number of ether oxygens (including phenoxy) is 1. The molecule has 1 unspecified atom stereocenters. The summed E-state index contributed by atoms with van der Waals surface area (Å²) in [7, 11) is 1.41. The summed E-state index contributed by atoms with van der Waals surface area (Å²) in [6, 6.07) is 2.31. The molecule has 1 aliphatic heterocycles. The van der Waals surface area contributed by atoms with Crippen LogP contribution in [-0.2, 0) is 14.3 Å². The van der Waals surface area contributed by atoms with Crippen LogP contribution in [0.5, 0.6) is 11.5 Å². The minimum atomic E-state index is -1.05. The summed E-state index contributed by atoms with van der Waals surface area (Å²) in [4.78, 5) is 38.5. The van der Waals surface area contributed by atoms with E-state index in [-0.39, 0.29) is 23.8 Å². The number of hydrogen-bond acceptors (Lipinski definition) is 6. The number of nitrogens with zero attached hydrogens (tertiary/aromatic N) is 2. The summed E-state index contributed by atoms with van der Waals surface area (Å²) in [5.41, 5.74) is 0.458. The Balaban J connectivity index is 2.34. The zero-order valence-electron chi connectivity index (χ0n) is 13.5. The van der Waals surface area contributed by atoms with E-state index in [0.29, 0.717) is 5.56 Å². The molecule has 1 fully saturated rings. The average molecular weight is 334 g/mol. The molecule has 8 nitrogen and oxygen atoms in total. The Morgan fingerprint density at radius 1 is 1.29 bits per heavy atom. The van der Waals surface area contributed by atoms with E-state index >= 15 is 0 Å². The molecular formula is C16H18N2O6. The van der Waals surface area contributed by atoms with Crippen LogP contribution in [0, 0.1) is 0 Å². The molecule has 0 saturated carbocycles. The van der Waals surface area contributed by atoms with E-state index in [4.69, 9.17) is 4.74 Å². The summed E-state index contributed by atoms with van der Waals surface area (Å²) in [5.74, 6) is -1.95. The van der Waals surface area contributed by atoms with E-state index in [9.17, 15) is 24.6 Å². The topological polar surface area (TPSA) is 107 Å². The maximum atomic E-state index is 12.5. The van der Waals surface area contributed by atoms with Gasteiger partial charge in [-0.3, -0.25) is 9.69 Å². The van der Waals surface area contributed by atoms with E-state index < -0.39 is 23.9 Å². The minimum Gasteiger partial charge on any atom is -0.504 e. The van der Waals surface area contributed by atoms with Crippen LogP contribution in [-0.4, -0.2) is 57.6 Å². The molecule has 1 aliphatic rings. The monoisotopic (exact) mass is 334 g/mol. The molecule has 0 radical (unpaired) electrons. The van der Waals surface area contributed by atoms with Gasteiger partial charge in [0.2, 0.25) is 0 Å². The van der Waals surface area contributed by atoms with Gasteiger partial charge in [-0.05, 0) is 37.6 Å². The maximum absolute atomic E-state index is 12.5. The van der Waals surface area contributed by atoms with Gasteiger partial charge < -0.3 is 14.9 Å². The highest BCUT2D eigenvalue weighted by atomic mass is 16.5. The van der Waals surface area contributed by atoms with Crippen molar-refractivity contribution in [3.05, 3.63) is 29.5 Å². The number of benzene rings is 1. The quantitative estimate of drug-likeness (QED) is 0.372. The van der Waals surface area contributed by atoms with Gasteiger partial charge in [0.25, 0.3) is 5.91 Å². The SMILES string of the molecule is CCOC(=O)C(C)N1C(=O)/C(=C/c2ccc(O)c(O)c2)N(C)C1=O. The first kappa shape index (κ1) is 17.3. The van der Waals surface area contributed by atoms with Crippen molar-refractivity contribution in [2.24, 2.45) is 0 Å². The van der Waals surface area contributed by atoms with Gasteiger partial charge >= 0.3 is 12.0 Å². The number of hydrogen-bond donors (Lipinski definition) is 2. The number of urea groups is 1. The van der Waals surface area contributed by atoms with Gasteiger partial charge in [0.1, 0.15) is 11.7 Å². The zero-order valence-corrected chi connectivity index (χ0v) is 13.5.